The van der Waals surface area contributed by atoms with Gasteiger partial charge in [0.25, 0.3) is 0 Å². The summed E-state index contributed by atoms with van der Waals surface area (Å²) in [6, 6.07) is 0.505. The lowest BCUT2D eigenvalue weighted by atomic mass is 9.76. The quantitative estimate of drug-likeness (QED) is 0.400. The van der Waals surface area contributed by atoms with Crippen LogP contribution in [0.15, 0.2) is 36.1 Å². The van der Waals surface area contributed by atoms with Gasteiger partial charge in [0.15, 0.2) is 0 Å². The molecule has 3 unspecified atom stereocenters. The lowest BCUT2D eigenvalue weighted by molar-refractivity contribution is 0.199. The predicted molar refractivity (Wildman–Crippen MR) is 130 cm³/mol. The molecule has 0 aromatic rings. The minimum atomic E-state index is 0.111. The highest BCUT2D eigenvalue weighted by molar-refractivity contribution is 8.14. The van der Waals surface area contributed by atoms with Crippen molar-refractivity contribution in [2.75, 3.05) is 12.8 Å². The molecule has 2 nitrogen and oxygen atoms in total. The summed E-state index contributed by atoms with van der Waals surface area (Å²) in [5, 5.41) is 0.510. The van der Waals surface area contributed by atoms with Gasteiger partial charge in [-0.15, -0.1) is 0 Å². The molecule has 0 amide bonds. The topological polar surface area (TPSA) is 29.3 Å². The van der Waals surface area contributed by atoms with Crippen LogP contribution in [0.25, 0.3) is 0 Å². The highest BCUT2D eigenvalue weighted by atomic mass is 32.2. The van der Waals surface area contributed by atoms with E-state index in [0.717, 1.165) is 31.2 Å². The van der Waals surface area contributed by atoms with Crippen LogP contribution in [0.2, 0.25) is 0 Å². The molecule has 0 aromatic heterocycles. The van der Waals surface area contributed by atoms with Crippen molar-refractivity contribution in [3.63, 3.8) is 0 Å². The van der Waals surface area contributed by atoms with Crippen LogP contribution in [-0.4, -0.2) is 35.0 Å². The lowest BCUT2D eigenvalue weighted by Crippen LogP contribution is -2.41. The van der Waals surface area contributed by atoms with Crippen molar-refractivity contribution in [1.82, 2.24) is 4.90 Å². The standard InChI is InChI=1S/C25H44N2S/c1-6-24(18-19-26)27(20(2)3)25(28(4)5)17-14-21-12-15-23(16-13-21)22-10-8-7-9-11-22/h8,10-11,21,23-25H,2,4,6-7,9,12-19,26H2,1,3,5H3. The molecule has 2 aliphatic rings. The van der Waals surface area contributed by atoms with Gasteiger partial charge in [0.05, 0.1) is 5.37 Å². The van der Waals surface area contributed by atoms with Gasteiger partial charge in [-0.3, -0.25) is 0 Å². The number of allylic oxidation sites excluding steroid dienone is 5. The van der Waals surface area contributed by atoms with Crippen LogP contribution in [0.4, 0.5) is 0 Å². The molecule has 0 spiro atoms. The molecule has 2 N–H and O–H groups in total. The zero-order valence-corrected chi connectivity index (χ0v) is 19.5. The van der Waals surface area contributed by atoms with E-state index in [4.69, 9.17) is 5.73 Å². The molecule has 0 heterocycles. The Kier molecular flexibility index (Phi) is 10.1. The maximum atomic E-state index is 5.91. The van der Waals surface area contributed by atoms with Gasteiger partial charge in [0, 0.05) is 11.7 Å². The largest absolute Gasteiger partial charge is 0.361 e. The van der Waals surface area contributed by atoms with E-state index in [2.05, 4.69) is 55.7 Å². The molecule has 2 aliphatic carbocycles. The van der Waals surface area contributed by atoms with E-state index >= 15 is 0 Å². The smallest absolute Gasteiger partial charge is 0.0695 e. The van der Waals surface area contributed by atoms with Gasteiger partial charge in [-0.2, -0.15) is 10.5 Å². The first-order valence-corrected chi connectivity index (χ1v) is 13.3. The fourth-order valence-corrected chi connectivity index (χ4v) is 6.44. The van der Waals surface area contributed by atoms with E-state index in [-0.39, 0.29) is 10.5 Å². The van der Waals surface area contributed by atoms with Crippen molar-refractivity contribution in [2.24, 2.45) is 17.6 Å². The van der Waals surface area contributed by atoms with E-state index in [0.29, 0.717) is 11.4 Å². The highest BCUT2D eigenvalue weighted by Crippen LogP contribution is 2.39. The highest BCUT2D eigenvalue weighted by Gasteiger charge is 2.28. The van der Waals surface area contributed by atoms with Crippen LogP contribution in [0.3, 0.4) is 0 Å². The number of nitrogens with two attached hydrogens (primary N) is 1. The Morgan fingerprint density at radius 3 is 2.46 bits per heavy atom. The summed E-state index contributed by atoms with van der Waals surface area (Å²) in [6.45, 7) is 9.50. The van der Waals surface area contributed by atoms with Gasteiger partial charge >= 0.3 is 0 Å². The number of hydrogen-bond acceptors (Lipinski definition) is 2. The molecule has 3 heteroatoms. The van der Waals surface area contributed by atoms with E-state index in [1.54, 1.807) is 5.57 Å². The molecular weight excluding hydrogens is 360 g/mol. The molecule has 0 aliphatic heterocycles. The zero-order valence-electron chi connectivity index (χ0n) is 18.7. The van der Waals surface area contributed by atoms with Crippen molar-refractivity contribution in [3.05, 3.63) is 36.1 Å². The fourth-order valence-electron chi connectivity index (χ4n) is 5.16. The van der Waals surface area contributed by atoms with Crippen molar-refractivity contribution >= 4 is 16.4 Å². The number of nitrogens with zero attached hydrogens (tertiary/aromatic N) is 1. The third-order valence-electron chi connectivity index (χ3n) is 6.74. The van der Waals surface area contributed by atoms with Crippen LogP contribution < -0.4 is 5.73 Å². The van der Waals surface area contributed by atoms with Crippen molar-refractivity contribution in [3.8, 4) is 0 Å². The molecule has 28 heavy (non-hydrogen) atoms. The summed E-state index contributed by atoms with van der Waals surface area (Å²) >= 11 is 0. The molecule has 1 fully saturated rings. The first-order valence-electron chi connectivity index (χ1n) is 11.4. The number of hydrogen-bond donors (Lipinski definition) is 1. The first-order chi connectivity index (χ1) is 13.5. The van der Waals surface area contributed by atoms with Gasteiger partial charge in [-0.05, 0) is 101 Å². The van der Waals surface area contributed by atoms with Crippen LogP contribution in [-0.2, 0) is 0 Å². The monoisotopic (exact) mass is 404 g/mol. The Morgan fingerprint density at radius 1 is 1.25 bits per heavy atom. The van der Waals surface area contributed by atoms with Gasteiger partial charge in [-0.25, -0.2) is 0 Å². The van der Waals surface area contributed by atoms with Crippen LogP contribution in [0, 0.1) is 11.8 Å². The molecule has 0 bridgehead atoms. The van der Waals surface area contributed by atoms with Crippen molar-refractivity contribution in [2.45, 2.75) is 89.5 Å². The Labute approximate surface area is 177 Å². The molecule has 0 radical (unpaired) electrons. The van der Waals surface area contributed by atoms with E-state index in [9.17, 15) is 0 Å². The second-order valence-electron chi connectivity index (χ2n) is 8.91. The average Bonchev–Trinajstić information content (AvgIpc) is 2.70. The Bertz CT molecular complexity index is 569. The predicted octanol–water partition coefficient (Wildman–Crippen LogP) is 6.47. The normalized spacial score (nSPS) is 25.6. The molecule has 1 saturated carbocycles. The maximum absolute atomic E-state index is 5.91. The van der Waals surface area contributed by atoms with Crippen LogP contribution >= 0.6 is 10.5 Å². The molecule has 2 rings (SSSR count). The number of rotatable bonds is 11. The summed E-state index contributed by atoms with van der Waals surface area (Å²) in [5.41, 5.74) is 8.72. The molecule has 3 atom stereocenters. The van der Waals surface area contributed by atoms with Gasteiger partial charge < -0.3 is 10.6 Å². The Balaban J connectivity index is 1.92. The Morgan fingerprint density at radius 2 is 1.96 bits per heavy atom. The summed E-state index contributed by atoms with van der Waals surface area (Å²) in [7, 11) is 0.111. The third kappa shape index (κ3) is 6.62. The molecule has 0 saturated heterocycles. The van der Waals surface area contributed by atoms with Crippen molar-refractivity contribution < 1.29 is 0 Å². The minimum Gasteiger partial charge on any atom is -0.361 e. The van der Waals surface area contributed by atoms with Gasteiger partial charge in [0.2, 0.25) is 0 Å². The third-order valence-corrected chi connectivity index (χ3v) is 8.14. The summed E-state index contributed by atoms with van der Waals surface area (Å²) in [5.74, 6) is 6.16. The summed E-state index contributed by atoms with van der Waals surface area (Å²) < 4.78 is 0. The van der Waals surface area contributed by atoms with Crippen LogP contribution in [0.5, 0.6) is 0 Å². The zero-order chi connectivity index (χ0) is 20.5. The van der Waals surface area contributed by atoms with E-state index in [1.807, 2.05) is 0 Å². The van der Waals surface area contributed by atoms with Gasteiger partial charge in [-0.1, -0.05) is 37.6 Å². The maximum Gasteiger partial charge on any atom is 0.0695 e. The van der Waals surface area contributed by atoms with Crippen LogP contribution in [0.1, 0.15) is 78.1 Å². The summed E-state index contributed by atoms with van der Waals surface area (Å²) in [6.07, 6.45) is 22.3. The second kappa shape index (κ2) is 12.0. The average molecular weight is 405 g/mol. The fraction of sp³-hybridized carbons (Fsp3) is 0.720. The van der Waals surface area contributed by atoms with Gasteiger partial charge in [0.1, 0.15) is 0 Å². The second-order valence-corrected chi connectivity index (χ2v) is 10.8. The van der Waals surface area contributed by atoms with Crippen molar-refractivity contribution in [1.29, 1.82) is 0 Å². The van der Waals surface area contributed by atoms with E-state index in [1.165, 1.54) is 57.1 Å². The minimum absolute atomic E-state index is 0.111. The first kappa shape index (κ1) is 23.5. The summed E-state index contributed by atoms with van der Waals surface area (Å²) in [4.78, 5) is 2.58. The molecular formula is C25H44N2S. The lowest BCUT2D eigenvalue weighted by Gasteiger charge is -2.41. The van der Waals surface area contributed by atoms with E-state index < -0.39 is 0 Å². The SMILES string of the molecule is C=C(C)N(C(CC)CCN)C(CCC1CCC(C2=CCCC=C2)CC1)S(=C)C. The Hall–Kier alpha value is -0.800. The molecule has 0 aromatic carbocycles. The molecule has 160 valence electrons.